The first-order valence-corrected chi connectivity index (χ1v) is 9.04. The normalized spacial score (nSPS) is 28.9. The van der Waals surface area contributed by atoms with Gasteiger partial charge in [0.2, 0.25) is 11.8 Å². The average molecular weight is 390 g/mol. The molecule has 1 aromatic carbocycles. The van der Waals surface area contributed by atoms with Crippen LogP contribution in [0.5, 0.6) is 0 Å². The van der Waals surface area contributed by atoms with Gasteiger partial charge in [-0.15, -0.1) is 18.3 Å². The fourth-order valence-corrected chi connectivity index (χ4v) is 4.99. The molecule has 0 aliphatic carbocycles. The van der Waals surface area contributed by atoms with Crippen molar-refractivity contribution < 1.29 is 29.4 Å². The minimum atomic E-state index is -1.11. The highest BCUT2D eigenvalue weighted by Crippen LogP contribution is 2.51. The predicted octanol–water partition coefficient (Wildman–Crippen LogP) is 0.725. The molecule has 8 nitrogen and oxygen atoms in total. The molecule has 9 heteroatoms. The molecule has 1 unspecified atom stereocenters. The Morgan fingerprint density at radius 2 is 2.07 bits per heavy atom. The second-order valence-electron chi connectivity index (χ2n) is 6.61. The van der Waals surface area contributed by atoms with Crippen molar-refractivity contribution in [3.63, 3.8) is 0 Å². The number of nitrogens with one attached hydrogen (secondary N) is 1. The van der Waals surface area contributed by atoms with E-state index in [-0.39, 0.29) is 12.0 Å². The van der Waals surface area contributed by atoms with Crippen molar-refractivity contribution in [2.75, 3.05) is 0 Å². The first kappa shape index (κ1) is 19.0. The number of thioether (sulfide) groups is 1. The third-order valence-corrected chi connectivity index (χ3v) is 6.41. The number of aromatic carboxylic acids is 1. The molecule has 2 aliphatic heterocycles. The van der Waals surface area contributed by atoms with Crippen molar-refractivity contribution in [1.82, 2.24) is 10.2 Å². The van der Waals surface area contributed by atoms with E-state index < -0.39 is 46.0 Å². The summed E-state index contributed by atoms with van der Waals surface area (Å²) in [6, 6.07) is 4.15. The zero-order valence-electron chi connectivity index (χ0n) is 14.4. The van der Waals surface area contributed by atoms with E-state index in [4.69, 9.17) is 5.11 Å². The fraction of sp³-hybridized carbons (Fsp3) is 0.333. The molecule has 142 valence electrons. The van der Waals surface area contributed by atoms with Gasteiger partial charge in [-0.25, -0.2) is 9.59 Å². The minimum Gasteiger partial charge on any atom is -0.480 e. The number of hydrogen-bond acceptors (Lipinski definition) is 5. The number of carboxylic acid groups (broad SMARTS) is 2. The molecule has 3 rings (SSSR count). The Balaban J connectivity index is 1.69. The maximum absolute atomic E-state index is 12.4. The summed E-state index contributed by atoms with van der Waals surface area (Å²) < 4.78 is -0.846. The van der Waals surface area contributed by atoms with Crippen LogP contribution in [0.3, 0.4) is 0 Å². The number of carbonyl (C=O) groups excluding carboxylic acids is 2. The van der Waals surface area contributed by atoms with Crippen molar-refractivity contribution in [2.24, 2.45) is 0 Å². The first-order chi connectivity index (χ1) is 12.7. The molecule has 0 radical (unpaired) electrons. The Morgan fingerprint density at radius 1 is 1.37 bits per heavy atom. The van der Waals surface area contributed by atoms with Crippen molar-refractivity contribution in [3.05, 3.63) is 48.0 Å². The van der Waals surface area contributed by atoms with E-state index in [2.05, 4.69) is 11.9 Å². The van der Waals surface area contributed by atoms with E-state index in [0.717, 1.165) is 0 Å². The van der Waals surface area contributed by atoms with Crippen LogP contribution in [0.1, 0.15) is 22.8 Å². The fourth-order valence-electron chi connectivity index (χ4n) is 3.37. The summed E-state index contributed by atoms with van der Waals surface area (Å²) >= 11 is 1.28. The number of carbonyl (C=O) groups is 4. The summed E-state index contributed by atoms with van der Waals surface area (Å²) in [6.45, 7) is 5.38. The molecule has 4 atom stereocenters. The Morgan fingerprint density at radius 3 is 2.67 bits per heavy atom. The van der Waals surface area contributed by atoms with E-state index in [1.165, 1.54) is 34.9 Å². The van der Waals surface area contributed by atoms with Crippen molar-refractivity contribution in [1.29, 1.82) is 0 Å². The first-order valence-electron chi connectivity index (χ1n) is 8.16. The van der Waals surface area contributed by atoms with E-state index >= 15 is 0 Å². The molecule has 2 amide bonds. The number of β-lactam (4-membered cyclic amide) rings is 1. The van der Waals surface area contributed by atoms with Gasteiger partial charge in [0.1, 0.15) is 17.5 Å². The van der Waals surface area contributed by atoms with E-state index in [1.807, 2.05) is 0 Å². The van der Waals surface area contributed by atoms with Gasteiger partial charge in [0.05, 0.1) is 16.7 Å². The van der Waals surface area contributed by atoms with Gasteiger partial charge in [0.25, 0.3) is 0 Å². The molecule has 0 bridgehead atoms. The summed E-state index contributed by atoms with van der Waals surface area (Å²) in [6.07, 6.45) is 1.43. The molecule has 0 saturated carbocycles. The smallest absolute Gasteiger partial charge is 0.335 e. The van der Waals surface area contributed by atoms with Gasteiger partial charge in [-0.05, 0) is 24.6 Å². The standard InChI is InChI=1S/C18H18N2O6S/c1-3-18(2)13(17(25)26)20-14(22)12(15(20)27-18)19-11(21)8-9-5-4-6-10(7-9)16(23)24/h3-7,12-13,15H,1,8H2,2H3,(H,19,21)(H,23,24)(H,25,26)/t12-,13?,15+,18-/m1/s1. The van der Waals surface area contributed by atoms with Gasteiger partial charge in [-0.2, -0.15) is 0 Å². The van der Waals surface area contributed by atoms with Crippen molar-refractivity contribution >= 4 is 35.5 Å². The van der Waals surface area contributed by atoms with Crippen LogP contribution in [0.15, 0.2) is 36.9 Å². The second kappa shape index (κ2) is 6.73. The van der Waals surface area contributed by atoms with Crippen LogP contribution < -0.4 is 5.32 Å². The number of aliphatic carboxylic acids is 1. The third kappa shape index (κ3) is 3.18. The van der Waals surface area contributed by atoms with Gasteiger partial charge < -0.3 is 20.4 Å². The Kier molecular flexibility index (Phi) is 4.73. The average Bonchev–Trinajstić information content (AvgIpc) is 2.90. The SMILES string of the molecule is C=C[C@@]1(C)S[C@H]2[C@H](NC(=O)Cc3cccc(C(=O)O)c3)C(=O)N2C1C(=O)O. The zero-order valence-corrected chi connectivity index (χ0v) is 15.2. The van der Waals surface area contributed by atoms with Crippen molar-refractivity contribution in [2.45, 2.75) is 35.5 Å². The summed E-state index contributed by atoms with van der Waals surface area (Å²) in [5, 5.41) is 20.6. The molecule has 1 aromatic rings. The molecule has 0 aromatic heterocycles. The number of nitrogens with zero attached hydrogens (tertiary/aromatic N) is 1. The molecule has 2 heterocycles. The van der Waals surface area contributed by atoms with Gasteiger partial charge in [0, 0.05) is 0 Å². The highest BCUT2D eigenvalue weighted by molar-refractivity contribution is 8.02. The topological polar surface area (TPSA) is 124 Å². The second-order valence-corrected chi connectivity index (χ2v) is 8.21. The molecule has 3 N–H and O–H groups in total. The molecule has 2 saturated heterocycles. The maximum Gasteiger partial charge on any atom is 0.335 e. The van der Waals surface area contributed by atoms with Crippen LogP contribution in [0.4, 0.5) is 0 Å². The summed E-state index contributed by atoms with van der Waals surface area (Å²) in [7, 11) is 0. The molecule has 27 heavy (non-hydrogen) atoms. The number of rotatable bonds is 6. The highest BCUT2D eigenvalue weighted by Gasteiger charge is 2.64. The van der Waals surface area contributed by atoms with Crippen LogP contribution in [-0.4, -0.2) is 61.1 Å². The van der Waals surface area contributed by atoms with Crippen LogP contribution in [0.2, 0.25) is 0 Å². The maximum atomic E-state index is 12.4. The quantitative estimate of drug-likeness (QED) is 0.483. The lowest BCUT2D eigenvalue weighted by Gasteiger charge is -2.43. The van der Waals surface area contributed by atoms with E-state index in [1.54, 1.807) is 19.1 Å². The van der Waals surface area contributed by atoms with Crippen molar-refractivity contribution in [3.8, 4) is 0 Å². The monoisotopic (exact) mass is 390 g/mol. The summed E-state index contributed by atoms with van der Waals surface area (Å²) in [4.78, 5) is 48.6. The van der Waals surface area contributed by atoms with Gasteiger partial charge in [-0.3, -0.25) is 9.59 Å². The zero-order chi connectivity index (χ0) is 19.9. The lowest BCUT2D eigenvalue weighted by molar-refractivity contribution is -0.160. The Labute approximate surface area is 159 Å². The molecular weight excluding hydrogens is 372 g/mol. The largest absolute Gasteiger partial charge is 0.480 e. The number of fused-ring (bicyclic) bond motifs is 1. The molecule has 2 fully saturated rings. The van der Waals surface area contributed by atoms with E-state index in [0.29, 0.717) is 5.56 Å². The third-order valence-electron chi connectivity index (χ3n) is 4.77. The van der Waals surface area contributed by atoms with Gasteiger partial charge in [0.15, 0.2) is 0 Å². The highest BCUT2D eigenvalue weighted by atomic mass is 32.2. The Bertz CT molecular complexity index is 856. The molecule has 0 spiro atoms. The van der Waals surface area contributed by atoms with E-state index in [9.17, 15) is 24.3 Å². The lowest BCUT2D eigenvalue weighted by atomic mass is 9.94. The molecule has 2 aliphatic rings. The van der Waals surface area contributed by atoms with Crippen LogP contribution in [-0.2, 0) is 20.8 Å². The van der Waals surface area contributed by atoms with Crippen LogP contribution in [0, 0.1) is 0 Å². The number of carboxylic acids is 2. The van der Waals surface area contributed by atoms with Crippen LogP contribution >= 0.6 is 11.8 Å². The van der Waals surface area contributed by atoms with Crippen LogP contribution in [0.25, 0.3) is 0 Å². The lowest BCUT2D eigenvalue weighted by Crippen LogP contribution is -2.70. The predicted molar refractivity (Wildman–Crippen MR) is 97.3 cm³/mol. The molecular formula is C18H18N2O6S. The summed E-state index contributed by atoms with van der Waals surface area (Å²) in [5.74, 6) is -3.09. The Hall–Kier alpha value is -2.81. The number of benzene rings is 1. The minimum absolute atomic E-state index is 0.0728. The number of amides is 2. The van der Waals surface area contributed by atoms with Gasteiger partial charge >= 0.3 is 11.9 Å². The van der Waals surface area contributed by atoms with Gasteiger partial charge in [-0.1, -0.05) is 18.2 Å². The summed E-state index contributed by atoms with van der Waals surface area (Å²) in [5.41, 5.74) is 0.582. The number of hydrogen-bond donors (Lipinski definition) is 3.